The van der Waals surface area contributed by atoms with Crippen molar-refractivity contribution < 1.29 is 33.3 Å². The second-order valence-electron chi connectivity index (χ2n) is 15.0. The van der Waals surface area contributed by atoms with E-state index in [9.17, 15) is 14.4 Å². The number of methoxy groups -OCH3 is 1. The van der Waals surface area contributed by atoms with E-state index in [4.69, 9.17) is 18.9 Å². The molecular weight excluding hydrogens is 544 g/mol. The van der Waals surface area contributed by atoms with Crippen LogP contribution in [0.2, 0.25) is 0 Å². The van der Waals surface area contributed by atoms with Crippen LogP contribution in [0.25, 0.3) is 0 Å². The number of ether oxygens (including phenoxy) is 4. The predicted molar refractivity (Wildman–Crippen MR) is 163 cm³/mol. The van der Waals surface area contributed by atoms with Crippen LogP contribution < -0.4 is 0 Å². The molecule has 1 saturated heterocycles. The molecule has 7 heteroatoms. The van der Waals surface area contributed by atoms with E-state index in [1.807, 2.05) is 45.9 Å². The Morgan fingerprint density at radius 1 is 0.907 bits per heavy atom. The molecule has 10 atom stereocenters. The van der Waals surface area contributed by atoms with E-state index in [1.54, 1.807) is 0 Å². The average Bonchev–Trinajstić information content (AvgIpc) is 3.36. The van der Waals surface area contributed by atoms with E-state index in [0.717, 1.165) is 17.9 Å². The number of carbonyl (C=O) groups is 3. The summed E-state index contributed by atoms with van der Waals surface area (Å²) in [6.07, 6.45) is 7.32. The number of hydrogen-bond donors (Lipinski definition) is 0. The monoisotopic (exact) mass is 596 g/mol. The summed E-state index contributed by atoms with van der Waals surface area (Å²) in [5, 5.41) is 0. The van der Waals surface area contributed by atoms with Gasteiger partial charge in [-0.3, -0.25) is 14.4 Å². The molecule has 43 heavy (non-hydrogen) atoms. The maximum atomic E-state index is 14.4. The molecule has 2 bridgehead atoms. The van der Waals surface area contributed by atoms with Crippen molar-refractivity contribution in [1.82, 2.24) is 0 Å². The van der Waals surface area contributed by atoms with E-state index in [-0.39, 0.29) is 49.5 Å². The highest BCUT2D eigenvalue weighted by Gasteiger charge is 2.57. The Morgan fingerprint density at radius 3 is 2.23 bits per heavy atom. The third kappa shape index (κ3) is 6.67. The van der Waals surface area contributed by atoms with Crippen molar-refractivity contribution in [3.05, 3.63) is 35.9 Å². The molecule has 0 N–H and O–H groups in total. The molecule has 1 aromatic carbocycles. The summed E-state index contributed by atoms with van der Waals surface area (Å²) in [6, 6.07) is 10.2. The van der Waals surface area contributed by atoms with Gasteiger partial charge in [0.15, 0.2) is 0 Å². The minimum atomic E-state index is -1.12. The molecule has 5 rings (SSSR count). The number of esters is 3. The van der Waals surface area contributed by atoms with Crippen molar-refractivity contribution >= 4 is 17.9 Å². The molecule has 1 heterocycles. The van der Waals surface area contributed by atoms with Crippen molar-refractivity contribution in [1.29, 1.82) is 0 Å². The molecule has 0 radical (unpaired) electrons. The summed E-state index contributed by atoms with van der Waals surface area (Å²) in [6.45, 7) is 10.5. The fraction of sp³-hybridized carbons (Fsp3) is 0.750. The Kier molecular flexibility index (Phi) is 9.33. The highest BCUT2D eigenvalue weighted by Crippen LogP contribution is 2.60. The van der Waals surface area contributed by atoms with Gasteiger partial charge in [0.25, 0.3) is 0 Å². The molecule has 238 valence electrons. The molecule has 1 aliphatic heterocycles. The van der Waals surface area contributed by atoms with Crippen LogP contribution in [-0.2, 0) is 33.3 Å². The first-order valence-corrected chi connectivity index (χ1v) is 16.5. The van der Waals surface area contributed by atoms with E-state index >= 15 is 0 Å². The van der Waals surface area contributed by atoms with E-state index in [1.165, 1.54) is 32.8 Å². The standard InChI is InChI=1S/C36H52O7/c1-7-34(3,32(38)42-20-26-19-41-26)21-36(5,31(37)40-6)22-35(4,18-23(2)24-12-9-8-10-13-24)33(39)43-30-17-25-16-29(30)28-15-11-14-27(25)28/h8-10,12-13,23,25-30H,7,11,14-22H2,1-6H3. The number of fused-ring (bicyclic) bond motifs is 5. The Hall–Kier alpha value is -2.41. The van der Waals surface area contributed by atoms with Gasteiger partial charge in [-0.2, -0.15) is 0 Å². The van der Waals surface area contributed by atoms with Crippen LogP contribution in [0.5, 0.6) is 0 Å². The van der Waals surface area contributed by atoms with Crippen LogP contribution >= 0.6 is 0 Å². The van der Waals surface area contributed by atoms with Crippen molar-refractivity contribution in [2.75, 3.05) is 20.3 Å². The van der Waals surface area contributed by atoms with Gasteiger partial charge in [0, 0.05) is 0 Å². The molecule has 3 saturated carbocycles. The van der Waals surface area contributed by atoms with Crippen molar-refractivity contribution in [2.24, 2.45) is 39.9 Å². The summed E-state index contributed by atoms with van der Waals surface area (Å²) in [5.41, 5.74) is -1.89. The lowest BCUT2D eigenvalue weighted by atomic mass is 9.62. The maximum Gasteiger partial charge on any atom is 0.312 e. The lowest BCUT2D eigenvalue weighted by molar-refractivity contribution is -0.173. The van der Waals surface area contributed by atoms with Crippen LogP contribution in [0.3, 0.4) is 0 Å². The van der Waals surface area contributed by atoms with Crippen molar-refractivity contribution in [3.63, 3.8) is 0 Å². The highest BCUT2D eigenvalue weighted by atomic mass is 16.6. The van der Waals surface area contributed by atoms with Gasteiger partial charge in [-0.1, -0.05) is 50.6 Å². The summed E-state index contributed by atoms with van der Waals surface area (Å²) >= 11 is 0. The van der Waals surface area contributed by atoms with Gasteiger partial charge in [-0.25, -0.2) is 0 Å². The summed E-state index contributed by atoms with van der Waals surface area (Å²) in [7, 11) is 1.38. The minimum absolute atomic E-state index is 0.0417. The Bertz CT molecular complexity index is 1160. The zero-order chi connectivity index (χ0) is 31.0. The van der Waals surface area contributed by atoms with Gasteiger partial charge in [0.05, 0.1) is 30.0 Å². The second-order valence-corrected chi connectivity index (χ2v) is 15.0. The summed E-state index contributed by atoms with van der Waals surface area (Å²) in [5.74, 6) is 1.67. The minimum Gasteiger partial charge on any atom is -0.469 e. The first-order chi connectivity index (χ1) is 20.4. The van der Waals surface area contributed by atoms with Gasteiger partial charge in [0.2, 0.25) is 0 Å². The van der Waals surface area contributed by atoms with E-state index < -0.39 is 22.2 Å². The molecule has 4 fully saturated rings. The number of carbonyl (C=O) groups excluding carboxylic acids is 3. The SMILES string of the molecule is CCC(C)(CC(C)(CC(C)(CC(C)c1ccccc1)C(=O)OC1CC2CC1C1CCCC21)C(=O)OC)C(=O)OCC1CO1. The summed E-state index contributed by atoms with van der Waals surface area (Å²) < 4.78 is 22.7. The first kappa shape index (κ1) is 32.0. The Balaban J connectivity index is 1.40. The van der Waals surface area contributed by atoms with E-state index in [0.29, 0.717) is 37.2 Å². The van der Waals surface area contributed by atoms with E-state index in [2.05, 4.69) is 19.1 Å². The van der Waals surface area contributed by atoms with Crippen LogP contribution in [0, 0.1) is 39.9 Å². The quantitative estimate of drug-likeness (QED) is 0.131. The third-order valence-electron chi connectivity index (χ3n) is 11.6. The van der Waals surface area contributed by atoms with Crippen LogP contribution in [0.1, 0.15) is 104 Å². The number of epoxide rings is 1. The first-order valence-electron chi connectivity index (χ1n) is 16.5. The lowest BCUT2D eigenvalue weighted by Crippen LogP contribution is -2.46. The molecule has 1 aromatic rings. The normalized spacial score (nSPS) is 32.0. The largest absolute Gasteiger partial charge is 0.469 e. The Labute approximate surface area is 257 Å². The molecule has 0 spiro atoms. The van der Waals surface area contributed by atoms with Crippen LogP contribution in [0.15, 0.2) is 30.3 Å². The fourth-order valence-electron chi connectivity index (χ4n) is 9.25. The number of hydrogen-bond acceptors (Lipinski definition) is 7. The van der Waals surface area contributed by atoms with Gasteiger partial charge in [0.1, 0.15) is 18.8 Å². The van der Waals surface area contributed by atoms with Gasteiger partial charge < -0.3 is 18.9 Å². The van der Waals surface area contributed by atoms with Crippen LogP contribution in [0.4, 0.5) is 0 Å². The zero-order valence-electron chi connectivity index (χ0n) is 27.1. The molecular formula is C36H52O7. The topological polar surface area (TPSA) is 91.4 Å². The highest BCUT2D eigenvalue weighted by molar-refractivity contribution is 5.83. The predicted octanol–water partition coefficient (Wildman–Crippen LogP) is 6.87. The molecule has 10 unspecified atom stereocenters. The van der Waals surface area contributed by atoms with Gasteiger partial charge >= 0.3 is 17.9 Å². The zero-order valence-corrected chi connectivity index (χ0v) is 27.1. The lowest BCUT2D eigenvalue weighted by Gasteiger charge is -2.42. The maximum absolute atomic E-state index is 14.4. The van der Waals surface area contributed by atoms with Crippen molar-refractivity contribution in [3.8, 4) is 0 Å². The molecule has 7 nitrogen and oxygen atoms in total. The van der Waals surface area contributed by atoms with Crippen molar-refractivity contribution in [2.45, 2.75) is 111 Å². The molecule has 3 aliphatic carbocycles. The molecule has 0 amide bonds. The molecule has 4 aliphatic rings. The molecule has 0 aromatic heterocycles. The van der Waals surface area contributed by atoms with Crippen LogP contribution in [-0.4, -0.2) is 50.4 Å². The average molecular weight is 597 g/mol. The number of benzene rings is 1. The van der Waals surface area contributed by atoms with Gasteiger partial charge in [-0.15, -0.1) is 0 Å². The second kappa shape index (κ2) is 12.5. The fourth-order valence-corrected chi connectivity index (χ4v) is 9.25. The third-order valence-corrected chi connectivity index (χ3v) is 11.6. The van der Waals surface area contributed by atoms with Gasteiger partial charge in [-0.05, 0) is 107 Å². The summed E-state index contributed by atoms with van der Waals surface area (Å²) in [4.78, 5) is 41.4. The smallest absolute Gasteiger partial charge is 0.312 e. The number of rotatable bonds is 14. The Morgan fingerprint density at radius 2 is 1.58 bits per heavy atom.